The van der Waals surface area contributed by atoms with Crippen molar-refractivity contribution in [1.82, 2.24) is 15.1 Å². The largest absolute Gasteiger partial charge is 0.481 e. The Morgan fingerprint density at radius 1 is 1.27 bits per heavy atom. The van der Waals surface area contributed by atoms with Crippen LogP contribution in [-0.4, -0.2) is 64.5 Å². The second kappa shape index (κ2) is 6.54. The van der Waals surface area contributed by atoms with Gasteiger partial charge in [0.25, 0.3) is 0 Å². The second-order valence-electron chi connectivity index (χ2n) is 6.77. The van der Waals surface area contributed by atoms with E-state index in [0.717, 1.165) is 0 Å². The van der Waals surface area contributed by atoms with Gasteiger partial charge in [0.1, 0.15) is 0 Å². The molecule has 2 N–H and O–H groups in total. The van der Waals surface area contributed by atoms with Crippen LogP contribution in [0.25, 0.3) is 0 Å². The molecule has 3 amide bonds. The minimum Gasteiger partial charge on any atom is -0.481 e. The van der Waals surface area contributed by atoms with Crippen LogP contribution in [0.15, 0.2) is 0 Å². The minimum absolute atomic E-state index is 0.0516. The second-order valence-corrected chi connectivity index (χ2v) is 6.77. The molecule has 2 rings (SSSR count). The van der Waals surface area contributed by atoms with Gasteiger partial charge in [0.15, 0.2) is 0 Å². The summed E-state index contributed by atoms with van der Waals surface area (Å²) < 4.78 is 0. The van der Waals surface area contributed by atoms with E-state index < -0.39 is 11.9 Å². The highest BCUT2D eigenvalue weighted by Gasteiger charge is 2.35. The van der Waals surface area contributed by atoms with E-state index in [2.05, 4.69) is 5.32 Å². The number of piperidine rings is 1. The van der Waals surface area contributed by atoms with Gasteiger partial charge in [-0.2, -0.15) is 0 Å². The van der Waals surface area contributed by atoms with E-state index in [1.165, 1.54) is 0 Å². The SMILES string of the molecule is CC1CC(C(=O)O)CN(C(=O)NC2CC(=O)N(C(C)C)C2)C1. The number of carbonyl (C=O) groups is 3. The molecule has 7 heteroatoms. The van der Waals surface area contributed by atoms with Gasteiger partial charge in [-0.05, 0) is 26.2 Å². The Hall–Kier alpha value is -1.79. The molecule has 0 bridgehead atoms. The van der Waals surface area contributed by atoms with Crippen LogP contribution < -0.4 is 5.32 Å². The molecule has 0 aromatic heterocycles. The molecule has 0 aromatic carbocycles. The number of urea groups is 1. The molecule has 124 valence electrons. The number of carboxylic acid groups (broad SMARTS) is 1. The van der Waals surface area contributed by atoms with Crippen LogP contribution in [0.1, 0.15) is 33.6 Å². The van der Waals surface area contributed by atoms with Crippen LogP contribution >= 0.6 is 0 Å². The number of amides is 3. The molecule has 2 fully saturated rings. The molecule has 2 aliphatic heterocycles. The van der Waals surface area contributed by atoms with Crippen molar-refractivity contribution in [3.05, 3.63) is 0 Å². The Bertz CT molecular complexity index is 466. The number of nitrogens with one attached hydrogen (secondary N) is 1. The number of aliphatic carboxylic acids is 1. The van der Waals surface area contributed by atoms with E-state index in [-0.39, 0.29) is 36.5 Å². The lowest BCUT2D eigenvalue weighted by Crippen LogP contribution is -2.52. The van der Waals surface area contributed by atoms with Crippen molar-refractivity contribution in [3.8, 4) is 0 Å². The molecule has 0 aliphatic carbocycles. The summed E-state index contributed by atoms with van der Waals surface area (Å²) in [5.41, 5.74) is 0. The van der Waals surface area contributed by atoms with Crippen molar-refractivity contribution >= 4 is 17.9 Å². The molecule has 0 radical (unpaired) electrons. The predicted octanol–water partition coefficient (Wildman–Crippen LogP) is 0.748. The average Bonchev–Trinajstić information content (AvgIpc) is 2.78. The lowest BCUT2D eigenvalue weighted by Gasteiger charge is -2.35. The number of carbonyl (C=O) groups excluding carboxylic acids is 2. The van der Waals surface area contributed by atoms with Crippen molar-refractivity contribution in [2.24, 2.45) is 11.8 Å². The molecule has 2 heterocycles. The summed E-state index contributed by atoms with van der Waals surface area (Å²) in [6.07, 6.45) is 0.915. The Kier molecular flexibility index (Phi) is 4.93. The number of rotatable bonds is 3. The van der Waals surface area contributed by atoms with E-state index in [1.807, 2.05) is 20.8 Å². The summed E-state index contributed by atoms with van der Waals surface area (Å²) in [6, 6.07) is -0.329. The summed E-state index contributed by atoms with van der Waals surface area (Å²) in [7, 11) is 0. The summed E-state index contributed by atoms with van der Waals surface area (Å²) >= 11 is 0. The highest BCUT2D eigenvalue weighted by Crippen LogP contribution is 2.22. The van der Waals surface area contributed by atoms with Crippen molar-refractivity contribution in [2.45, 2.75) is 45.7 Å². The van der Waals surface area contributed by atoms with Crippen molar-refractivity contribution in [3.63, 3.8) is 0 Å². The first-order valence-electron chi connectivity index (χ1n) is 7.85. The summed E-state index contributed by atoms with van der Waals surface area (Å²) in [5.74, 6) is -1.15. The number of carboxylic acids is 1. The van der Waals surface area contributed by atoms with Gasteiger partial charge < -0.3 is 20.2 Å². The summed E-state index contributed by atoms with van der Waals surface area (Å²) in [4.78, 5) is 38.7. The first-order chi connectivity index (χ1) is 10.3. The van der Waals surface area contributed by atoms with Gasteiger partial charge in [0.05, 0.1) is 12.0 Å². The molecule has 0 saturated carbocycles. The molecule has 22 heavy (non-hydrogen) atoms. The number of hydrogen-bond donors (Lipinski definition) is 2. The van der Waals surface area contributed by atoms with E-state index in [0.29, 0.717) is 25.9 Å². The van der Waals surface area contributed by atoms with Gasteiger partial charge >= 0.3 is 12.0 Å². The van der Waals surface area contributed by atoms with Gasteiger partial charge in [0, 0.05) is 32.1 Å². The summed E-state index contributed by atoms with van der Waals surface area (Å²) in [6.45, 7) is 7.17. The maximum atomic E-state index is 12.3. The topological polar surface area (TPSA) is 90.0 Å². The maximum absolute atomic E-state index is 12.3. The highest BCUT2D eigenvalue weighted by molar-refractivity contribution is 5.82. The zero-order chi connectivity index (χ0) is 16.4. The first kappa shape index (κ1) is 16.6. The van der Waals surface area contributed by atoms with E-state index in [4.69, 9.17) is 5.11 Å². The number of nitrogens with zero attached hydrogens (tertiary/aromatic N) is 2. The van der Waals surface area contributed by atoms with Gasteiger partial charge in [-0.15, -0.1) is 0 Å². The lowest BCUT2D eigenvalue weighted by atomic mass is 9.91. The van der Waals surface area contributed by atoms with Gasteiger partial charge in [-0.25, -0.2) is 4.79 Å². The van der Waals surface area contributed by atoms with E-state index >= 15 is 0 Å². The molecular formula is C15H25N3O4. The standard InChI is InChI=1S/C15H25N3O4/c1-9(2)18-8-12(5-13(18)19)16-15(22)17-6-10(3)4-11(7-17)14(20)21/h9-12H,4-8H2,1-3H3,(H,16,22)(H,20,21). The van der Waals surface area contributed by atoms with Gasteiger partial charge in [0.2, 0.25) is 5.91 Å². The van der Waals surface area contributed by atoms with Crippen molar-refractivity contribution in [2.75, 3.05) is 19.6 Å². The number of hydrogen-bond acceptors (Lipinski definition) is 3. The fourth-order valence-corrected chi connectivity index (χ4v) is 3.29. The Morgan fingerprint density at radius 3 is 2.50 bits per heavy atom. The molecule has 3 atom stereocenters. The fourth-order valence-electron chi connectivity index (χ4n) is 3.29. The van der Waals surface area contributed by atoms with Crippen LogP contribution in [0, 0.1) is 11.8 Å². The Balaban J connectivity index is 1.92. The minimum atomic E-state index is -0.855. The van der Waals surface area contributed by atoms with Crippen LogP contribution in [0.4, 0.5) is 4.79 Å². The molecule has 2 saturated heterocycles. The highest BCUT2D eigenvalue weighted by atomic mass is 16.4. The fraction of sp³-hybridized carbons (Fsp3) is 0.800. The maximum Gasteiger partial charge on any atom is 0.317 e. The third-order valence-corrected chi connectivity index (χ3v) is 4.41. The van der Waals surface area contributed by atoms with Crippen molar-refractivity contribution < 1.29 is 19.5 Å². The Morgan fingerprint density at radius 2 is 1.95 bits per heavy atom. The smallest absolute Gasteiger partial charge is 0.317 e. The average molecular weight is 311 g/mol. The van der Waals surface area contributed by atoms with Gasteiger partial charge in [-0.1, -0.05) is 6.92 Å². The molecule has 7 nitrogen and oxygen atoms in total. The molecule has 2 aliphatic rings. The molecular weight excluding hydrogens is 286 g/mol. The zero-order valence-corrected chi connectivity index (χ0v) is 13.4. The van der Waals surface area contributed by atoms with Crippen LogP contribution in [0.5, 0.6) is 0 Å². The van der Waals surface area contributed by atoms with Crippen LogP contribution in [-0.2, 0) is 9.59 Å². The zero-order valence-electron chi connectivity index (χ0n) is 13.4. The normalized spacial score (nSPS) is 29.1. The monoisotopic (exact) mass is 311 g/mol. The number of likely N-dealkylation sites (tertiary alicyclic amines) is 2. The lowest BCUT2D eigenvalue weighted by molar-refractivity contribution is -0.143. The quantitative estimate of drug-likeness (QED) is 0.805. The molecule has 3 unspecified atom stereocenters. The van der Waals surface area contributed by atoms with Crippen LogP contribution in [0.3, 0.4) is 0 Å². The van der Waals surface area contributed by atoms with Gasteiger partial charge in [-0.3, -0.25) is 9.59 Å². The molecule has 0 spiro atoms. The third kappa shape index (κ3) is 3.69. The third-order valence-electron chi connectivity index (χ3n) is 4.41. The first-order valence-corrected chi connectivity index (χ1v) is 7.85. The van der Waals surface area contributed by atoms with Crippen molar-refractivity contribution in [1.29, 1.82) is 0 Å². The molecule has 0 aromatic rings. The Labute approximate surface area is 130 Å². The van der Waals surface area contributed by atoms with E-state index in [1.54, 1.807) is 9.80 Å². The van der Waals surface area contributed by atoms with E-state index in [9.17, 15) is 14.4 Å². The summed E-state index contributed by atoms with van der Waals surface area (Å²) in [5, 5.41) is 12.0. The van der Waals surface area contributed by atoms with Crippen LogP contribution in [0.2, 0.25) is 0 Å². The predicted molar refractivity (Wildman–Crippen MR) is 80.3 cm³/mol.